The number of rotatable bonds is 5. The molecule has 1 aromatic heterocycles. The Morgan fingerprint density at radius 3 is 2.91 bits per heavy atom. The summed E-state index contributed by atoms with van der Waals surface area (Å²) in [6.45, 7) is 6.44. The number of nitrogens with one attached hydrogen (secondary N) is 2. The number of hydrogen-bond donors (Lipinski definition) is 2. The van der Waals surface area contributed by atoms with E-state index in [4.69, 9.17) is 4.74 Å². The van der Waals surface area contributed by atoms with Crippen LogP contribution in [0.3, 0.4) is 0 Å². The molecule has 2 heterocycles. The molecule has 2 aromatic rings. The van der Waals surface area contributed by atoms with E-state index in [-0.39, 0.29) is 0 Å². The molecular weight excluding hydrogens is 308 g/mol. The van der Waals surface area contributed by atoms with E-state index in [9.17, 15) is 0 Å². The van der Waals surface area contributed by atoms with Gasteiger partial charge in [0.05, 0.1) is 13.2 Å². The van der Waals surface area contributed by atoms with Gasteiger partial charge >= 0.3 is 0 Å². The Bertz CT molecular complexity index is 649. The van der Waals surface area contributed by atoms with E-state index in [0.29, 0.717) is 0 Å². The maximum Gasteiger partial charge on any atom is 0.191 e. The molecule has 5 nitrogen and oxygen atoms in total. The van der Waals surface area contributed by atoms with Crippen molar-refractivity contribution in [2.45, 2.75) is 6.54 Å². The summed E-state index contributed by atoms with van der Waals surface area (Å²) in [6, 6.07) is 8.52. The molecule has 0 saturated carbocycles. The lowest BCUT2D eigenvalue weighted by molar-refractivity contribution is 0.0389. The molecule has 1 aliphatic rings. The molecule has 2 N–H and O–H groups in total. The van der Waals surface area contributed by atoms with Crippen LogP contribution in [0.5, 0.6) is 0 Å². The van der Waals surface area contributed by atoms with Crippen molar-refractivity contribution in [3.8, 4) is 0 Å². The van der Waals surface area contributed by atoms with Crippen LogP contribution >= 0.6 is 11.3 Å². The first-order chi connectivity index (χ1) is 11.4. The van der Waals surface area contributed by atoms with Gasteiger partial charge in [-0.05, 0) is 22.4 Å². The Morgan fingerprint density at radius 2 is 2.09 bits per heavy atom. The molecule has 0 bridgehead atoms. The van der Waals surface area contributed by atoms with Gasteiger partial charge in [0.25, 0.3) is 0 Å². The molecule has 0 aliphatic carbocycles. The fraction of sp³-hybridized carbons (Fsp3) is 0.471. The van der Waals surface area contributed by atoms with Gasteiger partial charge in [0.15, 0.2) is 5.96 Å². The number of nitrogens with zero attached hydrogens (tertiary/aromatic N) is 2. The Balaban J connectivity index is 1.46. The molecule has 124 valence electrons. The first-order valence-corrected chi connectivity index (χ1v) is 8.94. The normalized spacial score (nSPS) is 16.7. The topological polar surface area (TPSA) is 48.9 Å². The second-order valence-electron chi connectivity index (χ2n) is 5.56. The van der Waals surface area contributed by atoms with E-state index in [1.54, 1.807) is 11.3 Å². The van der Waals surface area contributed by atoms with Crippen molar-refractivity contribution in [3.63, 3.8) is 0 Å². The van der Waals surface area contributed by atoms with Crippen LogP contribution in [0.1, 0.15) is 5.56 Å². The summed E-state index contributed by atoms with van der Waals surface area (Å²) in [5.74, 6) is 0.855. The second kappa shape index (κ2) is 8.29. The average Bonchev–Trinajstić information content (AvgIpc) is 3.02. The minimum absolute atomic E-state index is 0.793. The van der Waals surface area contributed by atoms with Crippen LogP contribution in [0.4, 0.5) is 0 Å². The molecule has 0 atom stereocenters. The molecule has 1 aromatic carbocycles. The Labute approximate surface area is 141 Å². The lowest BCUT2D eigenvalue weighted by Gasteiger charge is -2.26. The van der Waals surface area contributed by atoms with Gasteiger partial charge in [-0.1, -0.05) is 18.2 Å². The van der Waals surface area contributed by atoms with Crippen LogP contribution < -0.4 is 10.6 Å². The van der Waals surface area contributed by atoms with Gasteiger partial charge < -0.3 is 15.4 Å². The number of fused-ring (bicyclic) bond motifs is 1. The summed E-state index contributed by atoms with van der Waals surface area (Å²) in [7, 11) is 1.82. The molecule has 1 saturated heterocycles. The van der Waals surface area contributed by atoms with Crippen molar-refractivity contribution in [1.29, 1.82) is 0 Å². The van der Waals surface area contributed by atoms with Crippen LogP contribution in [0.2, 0.25) is 0 Å². The fourth-order valence-electron chi connectivity index (χ4n) is 2.73. The van der Waals surface area contributed by atoms with E-state index in [1.165, 1.54) is 15.6 Å². The van der Waals surface area contributed by atoms with Crippen molar-refractivity contribution in [2.75, 3.05) is 46.4 Å². The Morgan fingerprint density at radius 1 is 1.26 bits per heavy atom. The van der Waals surface area contributed by atoms with Gasteiger partial charge in [0.2, 0.25) is 0 Å². The summed E-state index contributed by atoms with van der Waals surface area (Å²) >= 11 is 1.79. The molecule has 1 aliphatic heterocycles. The third-order valence-electron chi connectivity index (χ3n) is 4.06. The first-order valence-electron chi connectivity index (χ1n) is 8.06. The number of aliphatic imine (C=N–C) groups is 1. The van der Waals surface area contributed by atoms with Gasteiger partial charge in [0, 0.05) is 44.5 Å². The van der Waals surface area contributed by atoms with Crippen LogP contribution in [0.15, 0.2) is 34.6 Å². The van der Waals surface area contributed by atoms with E-state index in [2.05, 4.69) is 50.2 Å². The molecule has 0 amide bonds. The SMILES string of the molecule is CN=C(NCCN1CCOCC1)NCc1csc2ccccc12. The van der Waals surface area contributed by atoms with Gasteiger partial charge in [-0.2, -0.15) is 0 Å². The minimum atomic E-state index is 0.793. The second-order valence-corrected chi connectivity index (χ2v) is 6.47. The zero-order chi connectivity index (χ0) is 15.9. The highest BCUT2D eigenvalue weighted by Crippen LogP contribution is 2.25. The van der Waals surface area contributed by atoms with Crippen molar-refractivity contribution in [2.24, 2.45) is 4.99 Å². The predicted octanol–water partition coefficient (Wildman–Crippen LogP) is 1.90. The van der Waals surface area contributed by atoms with Crippen molar-refractivity contribution in [3.05, 3.63) is 35.2 Å². The zero-order valence-electron chi connectivity index (χ0n) is 13.5. The molecule has 23 heavy (non-hydrogen) atoms. The van der Waals surface area contributed by atoms with Crippen molar-refractivity contribution in [1.82, 2.24) is 15.5 Å². The highest BCUT2D eigenvalue weighted by atomic mass is 32.1. The van der Waals surface area contributed by atoms with Gasteiger partial charge in [0.1, 0.15) is 0 Å². The number of guanidine groups is 1. The maximum atomic E-state index is 5.37. The van der Waals surface area contributed by atoms with Crippen LogP contribution in [0, 0.1) is 0 Å². The van der Waals surface area contributed by atoms with Crippen LogP contribution in [0.25, 0.3) is 10.1 Å². The lowest BCUT2D eigenvalue weighted by atomic mass is 10.2. The Kier molecular flexibility index (Phi) is 5.85. The Hall–Kier alpha value is -1.63. The maximum absolute atomic E-state index is 5.37. The third-order valence-corrected chi connectivity index (χ3v) is 5.07. The highest BCUT2D eigenvalue weighted by molar-refractivity contribution is 7.17. The van der Waals surface area contributed by atoms with Crippen LogP contribution in [-0.2, 0) is 11.3 Å². The largest absolute Gasteiger partial charge is 0.379 e. The number of morpholine rings is 1. The highest BCUT2D eigenvalue weighted by Gasteiger charge is 2.10. The minimum Gasteiger partial charge on any atom is -0.379 e. The summed E-state index contributed by atoms with van der Waals surface area (Å²) < 4.78 is 6.70. The molecule has 0 unspecified atom stereocenters. The first kappa shape index (κ1) is 16.2. The monoisotopic (exact) mass is 332 g/mol. The molecule has 1 fully saturated rings. The predicted molar refractivity (Wildman–Crippen MR) is 97.3 cm³/mol. The van der Waals surface area contributed by atoms with E-state index >= 15 is 0 Å². The van der Waals surface area contributed by atoms with Gasteiger partial charge in [-0.15, -0.1) is 11.3 Å². The van der Waals surface area contributed by atoms with Crippen molar-refractivity contribution < 1.29 is 4.74 Å². The standard InChI is InChI=1S/C17H24N4OS/c1-18-17(19-6-7-21-8-10-22-11-9-21)20-12-14-13-23-16-5-3-2-4-15(14)16/h2-5,13H,6-12H2,1H3,(H2,18,19,20). The zero-order valence-corrected chi connectivity index (χ0v) is 14.4. The fourth-order valence-corrected chi connectivity index (χ4v) is 3.69. The molecule has 6 heteroatoms. The molecule has 3 rings (SSSR count). The number of ether oxygens (including phenoxy) is 1. The lowest BCUT2D eigenvalue weighted by Crippen LogP contribution is -2.44. The molecule has 0 spiro atoms. The summed E-state index contributed by atoms with van der Waals surface area (Å²) in [6.07, 6.45) is 0. The molecule has 0 radical (unpaired) electrons. The third kappa shape index (κ3) is 4.43. The summed E-state index contributed by atoms with van der Waals surface area (Å²) in [5, 5.41) is 10.3. The van der Waals surface area contributed by atoms with E-state index < -0.39 is 0 Å². The number of hydrogen-bond acceptors (Lipinski definition) is 4. The molecular formula is C17H24N4OS. The van der Waals surface area contributed by atoms with E-state index in [1.807, 2.05) is 7.05 Å². The van der Waals surface area contributed by atoms with Crippen LogP contribution in [-0.4, -0.2) is 57.3 Å². The smallest absolute Gasteiger partial charge is 0.191 e. The summed E-state index contributed by atoms with van der Waals surface area (Å²) in [4.78, 5) is 6.72. The number of benzene rings is 1. The van der Waals surface area contributed by atoms with Crippen molar-refractivity contribution >= 4 is 27.4 Å². The quantitative estimate of drug-likeness (QED) is 0.649. The summed E-state index contributed by atoms with van der Waals surface area (Å²) in [5.41, 5.74) is 1.32. The number of thiophene rings is 1. The van der Waals surface area contributed by atoms with Gasteiger partial charge in [-0.25, -0.2) is 0 Å². The van der Waals surface area contributed by atoms with E-state index in [0.717, 1.165) is 51.9 Å². The van der Waals surface area contributed by atoms with Gasteiger partial charge in [-0.3, -0.25) is 9.89 Å². The average molecular weight is 332 g/mol.